The maximum atomic E-state index is 6.07. The molecule has 1 saturated carbocycles. The zero-order chi connectivity index (χ0) is 11.1. The number of halogens is 1. The minimum atomic E-state index is 0.260. The molecule has 0 radical (unpaired) electrons. The Morgan fingerprint density at radius 3 is 2.60 bits per heavy atom. The summed E-state index contributed by atoms with van der Waals surface area (Å²) in [5.41, 5.74) is 0.260. The molecule has 0 saturated heterocycles. The van der Waals surface area contributed by atoms with E-state index in [0.29, 0.717) is 11.2 Å². The average Bonchev–Trinajstić information content (AvgIpc) is 2.95. The highest BCUT2D eigenvalue weighted by molar-refractivity contribution is 6.28. The maximum Gasteiger partial charge on any atom is 0.225 e. The number of hydrogen-bond donors (Lipinski definition) is 0. The minimum absolute atomic E-state index is 0.260. The lowest BCUT2D eigenvalue weighted by Gasteiger charge is -2.24. The predicted octanol–water partition coefficient (Wildman–Crippen LogP) is 3.25. The number of rotatable bonds is 4. The van der Waals surface area contributed by atoms with Crippen molar-refractivity contribution in [3.8, 4) is 0 Å². The van der Waals surface area contributed by atoms with Gasteiger partial charge in [-0.1, -0.05) is 20.8 Å². The first-order chi connectivity index (χ1) is 7.03. The summed E-state index contributed by atoms with van der Waals surface area (Å²) in [6.07, 6.45) is 3.61. The van der Waals surface area contributed by atoms with Crippen LogP contribution in [-0.2, 0) is 6.54 Å². The Kier molecular flexibility index (Phi) is 2.75. The lowest BCUT2D eigenvalue weighted by molar-refractivity contribution is 0.290. The minimum Gasteiger partial charge on any atom is -0.301 e. The van der Waals surface area contributed by atoms with Crippen LogP contribution < -0.4 is 0 Å². The fourth-order valence-corrected chi connectivity index (χ4v) is 1.81. The smallest absolute Gasteiger partial charge is 0.225 e. The summed E-state index contributed by atoms with van der Waals surface area (Å²) in [5, 5.41) is 8.69. The van der Waals surface area contributed by atoms with Crippen molar-refractivity contribution >= 4 is 11.6 Å². The van der Waals surface area contributed by atoms with E-state index in [2.05, 4.69) is 35.5 Å². The van der Waals surface area contributed by atoms with E-state index in [1.807, 2.05) is 0 Å². The first kappa shape index (κ1) is 10.9. The van der Waals surface area contributed by atoms with Crippen molar-refractivity contribution in [3.05, 3.63) is 11.1 Å². The van der Waals surface area contributed by atoms with Crippen LogP contribution in [-0.4, -0.2) is 14.8 Å². The summed E-state index contributed by atoms with van der Waals surface area (Å²) in [4.78, 5) is 0. The molecule has 1 heterocycles. The van der Waals surface area contributed by atoms with Gasteiger partial charge >= 0.3 is 0 Å². The standard InChI is InChI=1S/C11H18ClN3/c1-4-11(2,3)7-15-9(8-5-6-8)13-14-10(15)12/h8H,4-7H2,1-3H3. The lowest BCUT2D eigenvalue weighted by atomic mass is 9.90. The number of nitrogens with zero attached hydrogens (tertiary/aromatic N) is 3. The van der Waals surface area contributed by atoms with Gasteiger partial charge in [0.2, 0.25) is 5.28 Å². The highest BCUT2D eigenvalue weighted by Gasteiger charge is 2.31. The Morgan fingerprint density at radius 1 is 1.40 bits per heavy atom. The molecular formula is C11H18ClN3. The number of aromatic nitrogens is 3. The highest BCUT2D eigenvalue weighted by Crippen LogP contribution is 2.40. The summed E-state index contributed by atoms with van der Waals surface area (Å²) in [6, 6.07) is 0. The molecule has 1 aromatic rings. The van der Waals surface area contributed by atoms with Gasteiger partial charge in [-0.3, -0.25) is 0 Å². The average molecular weight is 228 g/mol. The van der Waals surface area contributed by atoms with Crippen LogP contribution in [0.5, 0.6) is 0 Å². The molecule has 4 heteroatoms. The van der Waals surface area contributed by atoms with Crippen LogP contribution in [0, 0.1) is 5.41 Å². The van der Waals surface area contributed by atoms with Gasteiger partial charge in [-0.05, 0) is 36.3 Å². The molecule has 0 unspecified atom stereocenters. The van der Waals surface area contributed by atoms with Gasteiger partial charge in [0.15, 0.2) is 0 Å². The fourth-order valence-electron chi connectivity index (χ4n) is 1.62. The van der Waals surface area contributed by atoms with Crippen molar-refractivity contribution in [2.75, 3.05) is 0 Å². The molecule has 0 atom stereocenters. The molecule has 0 N–H and O–H groups in total. The van der Waals surface area contributed by atoms with E-state index >= 15 is 0 Å². The summed E-state index contributed by atoms with van der Waals surface area (Å²) in [5.74, 6) is 1.69. The molecule has 3 nitrogen and oxygen atoms in total. The first-order valence-corrected chi connectivity index (χ1v) is 6.00. The predicted molar refractivity (Wildman–Crippen MR) is 61.1 cm³/mol. The topological polar surface area (TPSA) is 30.7 Å². The molecule has 1 fully saturated rings. The quantitative estimate of drug-likeness (QED) is 0.791. The molecule has 15 heavy (non-hydrogen) atoms. The van der Waals surface area contributed by atoms with E-state index in [-0.39, 0.29) is 5.41 Å². The third-order valence-electron chi connectivity index (χ3n) is 3.22. The van der Waals surface area contributed by atoms with Crippen LogP contribution in [0.25, 0.3) is 0 Å². The summed E-state index contributed by atoms with van der Waals surface area (Å²) in [7, 11) is 0. The van der Waals surface area contributed by atoms with E-state index < -0.39 is 0 Å². The molecule has 0 amide bonds. The number of hydrogen-bond acceptors (Lipinski definition) is 2. The third kappa shape index (κ3) is 2.33. The van der Waals surface area contributed by atoms with Crippen LogP contribution in [0.3, 0.4) is 0 Å². The monoisotopic (exact) mass is 227 g/mol. The van der Waals surface area contributed by atoms with Crippen LogP contribution in [0.2, 0.25) is 5.28 Å². The van der Waals surface area contributed by atoms with E-state index in [1.54, 1.807) is 0 Å². The molecule has 84 valence electrons. The van der Waals surface area contributed by atoms with Crippen LogP contribution in [0.15, 0.2) is 0 Å². The van der Waals surface area contributed by atoms with Crippen molar-refractivity contribution in [3.63, 3.8) is 0 Å². The second kappa shape index (κ2) is 3.78. The molecular weight excluding hydrogens is 210 g/mol. The highest BCUT2D eigenvalue weighted by atomic mass is 35.5. The van der Waals surface area contributed by atoms with Crippen molar-refractivity contribution in [2.45, 2.75) is 52.5 Å². The summed E-state index contributed by atoms with van der Waals surface area (Å²) in [6.45, 7) is 7.62. The third-order valence-corrected chi connectivity index (χ3v) is 3.50. The molecule has 1 aliphatic rings. The van der Waals surface area contributed by atoms with Gasteiger partial charge in [0.25, 0.3) is 0 Å². The normalized spacial score (nSPS) is 17.1. The second-order valence-corrected chi connectivity index (χ2v) is 5.54. The Morgan fingerprint density at radius 2 is 2.07 bits per heavy atom. The zero-order valence-electron chi connectivity index (χ0n) is 9.63. The summed E-state index contributed by atoms with van der Waals surface area (Å²) < 4.78 is 2.09. The summed E-state index contributed by atoms with van der Waals surface area (Å²) >= 11 is 6.07. The SMILES string of the molecule is CCC(C)(C)Cn1c(Cl)nnc1C1CC1. The Hall–Kier alpha value is -0.570. The van der Waals surface area contributed by atoms with Crippen LogP contribution in [0.1, 0.15) is 51.8 Å². The van der Waals surface area contributed by atoms with Crippen molar-refractivity contribution in [2.24, 2.45) is 5.41 Å². The van der Waals surface area contributed by atoms with Gasteiger partial charge < -0.3 is 4.57 Å². The zero-order valence-corrected chi connectivity index (χ0v) is 10.4. The molecule has 0 aromatic carbocycles. The van der Waals surface area contributed by atoms with Gasteiger partial charge in [-0.15, -0.1) is 10.2 Å². The van der Waals surface area contributed by atoms with E-state index in [1.165, 1.54) is 12.8 Å². The van der Waals surface area contributed by atoms with Gasteiger partial charge in [0.05, 0.1) is 0 Å². The second-order valence-electron chi connectivity index (χ2n) is 5.21. The molecule has 2 rings (SSSR count). The van der Waals surface area contributed by atoms with Crippen LogP contribution in [0.4, 0.5) is 0 Å². The van der Waals surface area contributed by atoms with Gasteiger partial charge in [-0.25, -0.2) is 0 Å². The molecule has 0 bridgehead atoms. The largest absolute Gasteiger partial charge is 0.301 e. The van der Waals surface area contributed by atoms with E-state index in [4.69, 9.17) is 11.6 Å². The Balaban J connectivity index is 2.22. The Labute approximate surface area is 95.8 Å². The van der Waals surface area contributed by atoms with Gasteiger partial charge in [0, 0.05) is 12.5 Å². The van der Waals surface area contributed by atoms with Gasteiger partial charge in [-0.2, -0.15) is 0 Å². The van der Waals surface area contributed by atoms with Crippen molar-refractivity contribution < 1.29 is 0 Å². The maximum absolute atomic E-state index is 6.07. The lowest BCUT2D eigenvalue weighted by Crippen LogP contribution is -2.20. The van der Waals surface area contributed by atoms with Crippen molar-refractivity contribution in [1.29, 1.82) is 0 Å². The van der Waals surface area contributed by atoms with Gasteiger partial charge in [0.1, 0.15) is 5.82 Å². The van der Waals surface area contributed by atoms with Crippen molar-refractivity contribution in [1.82, 2.24) is 14.8 Å². The molecule has 0 aliphatic heterocycles. The van der Waals surface area contributed by atoms with E-state index in [0.717, 1.165) is 18.8 Å². The molecule has 1 aliphatic carbocycles. The molecule has 1 aromatic heterocycles. The van der Waals surface area contributed by atoms with Crippen LogP contribution >= 0.6 is 11.6 Å². The first-order valence-electron chi connectivity index (χ1n) is 5.62. The molecule has 0 spiro atoms. The fraction of sp³-hybridized carbons (Fsp3) is 0.818. The van der Waals surface area contributed by atoms with E-state index in [9.17, 15) is 0 Å². The Bertz CT molecular complexity index is 353.